The molecule has 19 heavy (non-hydrogen) atoms. The smallest absolute Gasteiger partial charge is 0.329 e. The van der Waals surface area contributed by atoms with E-state index in [1.54, 1.807) is 0 Å². The van der Waals surface area contributed by atoms with Crippen molar-refractivity contribution in [2.24, 2.45) is 5.92 Å². The van der Waals surface area contributed by atoms with E-state index >= 15 is 0 Å². The van der Waals surface area contributed by atoms with Crippen LogP contribution in [0.1, 0.15) is 12.8 Å². The number of hydrogen-bond acceptors (Lipinski definition) is 5. The largest absolute Gasteiger partial charge is 0.480 e. The number of urea groups is 1. The molecule has 0 aliphatic carbocycles. The van der Waals surface area contributed by atoms with Gasteiger partial charge in [-0.1, -0.05) is 0 Å². The topological polar surface area (TPSA) is 114 Å². The molecule has 108 valence electrons. The van der Waals surface area contributed by atoms with Crippen molar-refractivity contribution in [3.05, 3.63) is 0 Å². The van der Waals surface area contributed by atoms with Gasteiger partial charge < -0.3 is 19.9 Å². The molecule has 1 rings (SSSR count). The summed E-state index contributed by atoms with van der Waals surface area (Å²) in [6.07, 6.45) is 1.95. The number of carbonyl (C=O) groups excluding carboxylic acids is 2. The Labute approximate surface area is 110 Å². The van der Waals surface area contributed by atoms with Gasteiger partial charge in [0.1, 0.15) is 13.2 Å². The van der Waals surface area contributed by atoms with Crippen molar-refractivity contribution in [3.63, 3.8) is 0 Å². The third kappa shape index (κ3) is 7.37. The predicted octanol–water partition coefficient (Wildman–Crippen LogP) is -0.660. The van der Waals surface area contributed by atoms with Crippen LogP contribution in [0.25, 0.3) is 0 Å². The molecule has 0 saturated carbocycles. The normalized spacial score (nSPS) is 18.6. The van der Waals surface area contributed by atoms with Crippen molar-refractivity contribution >= 4 is 17.9 Å². The lowest BCUT2D eigenvalue weighted by atomic mass is 10.0. The average Bonchev–Trinajstić information content (AvgIpc) is 2.37. The fourth-order valence-electron chi connectivity index (χ4n) is 1.64. The molecule has 1 atom stereocenters. The maximum atomic E-state index is 11.3. The van der Waals surface area contributed by atoms with Gasteiger partial charge in [0.05, 0.1) is 6.61 Å². The van der Waals surface area contributed by atoms with Crippen LogP contribution in [0.15, 0.2) is 0 Å². The average molecular weight is 274 g/mol. The minimum Gasteiger partial charge on any atom is -0.480 e. The maximum absolute atomic E-state index is 11.3. The molecule has 0 aromatic rings. The fraction of sp³-hybridized carbons (Fsp3) is 0.727. The van der Waals surface area contributed by atoms with Crippen LogP contribution in [-0.2, 0) is 19.1 Å². The molecule has 1 fully saturated rings. The summed E-state index contributed by atoms with van der Waals surface area (Å²) < 4.78 is 9.80. The fourth-order valence-corrected chi connectivity index (χ4v) is 1.64. The van der Waals surface area contributed by atoms with Crippen LogP contribution in [0.5, 0.6) is 0 Å². The summed E-state index contributed by atoms with van der Waals surface area (Å²) in [5, 5.41) is 12.9. The van der Waals surface area contributed by atoms with E-state index in [9.17, 15) is 14.4 Å². The Morgan fingerprint density at radius 2 is 2.11 bits per heavy atom. The number of carbonyl (C=O) groups is 3. The predicted molar refractivity (Wildman–Crippen MR) is 63.5 cm³/mol. The Morgan fingerprint density at radius 3 is 2.74 bits per heavy atom. The quantitative estimate of drug-likeness (QED) is 0.592. The van der Waals surface area contributed by atoms with Gasteiger partial charge in [-0.25, -0.2) is 9.59 Å². The van der Waals surface area contributed by atoms with Crippen molar-refractivity contribution in [3.8, 4) is 0 Å². The first-order chi connectivity index (χ1) is 9.08. The second-order valence-corrected chi connectivity index (χ2v) is 4.23. The van der Waals surface area contributed by atoms with Gasteiger partial charge in [-0.3, -0.25) is 10.1 Å². The van der Waals surface area contributed by atoms with Gasteiger partial charge in [0.25, 0.3) is 5.91 Å². The van der Waals surface area contributed by atoms with Crippen molar-refractivity contribution in [2.45, 2.75) is 12.8 Å². The van der Waals surface area contributed by atoms with Crippen LogP contribution < -0.4 is 10.6 Å². The molecule has 0 spiro atoms. The van der Waals surface area contributed by atoms with E-state index in [1.807, 2.05) is 5.32 Å². The Balaban J connectivity index is 2.08. The first kappa shape index (κ1) is 15.4. The molecule has 0 radical (unpaired) electrons. The van der Waals surface area contributed by atoms with Gasteiger partial charge in [-0.05, 0) is 18.8 Å². The molecule has 1 saturated heterocycles. The van der Waals surface area contributed by atoms with E-state index in [-0.39, 0.29) is 5.92 Å². The van der Waals surface area contributed by atoms with Crippen LogP contribution in [0.4, 0.5) is 4.79 Å². The van der Waals surface area contributed by atoms with Gasteiger partial charge >= 0.3 is 12.0 Å². The van der Waals surface area contributed by atoms with E-state index in [0.29, 0.717) is 13.2 Å². The summed E-state index contributed by atoms with van der Waals surface area (Å²) in [4.78, 5) is 32.6. The van der Waals surface area contributed by atoms with Crippen molar-refractivity contribution in [1.29, 1.82) is 0 Å². The third-order valence-corrected chi connectivity index (χ3v) is 2.52. The highest BCUT2D eigenvalue weighted by Gasteiger charge is 2.15. The summed E-state index contributed by atoms with van der Waals surface area (Å²) in [7, 11) is 0. The lowest BCUT2D eigenvalue weighted by Gasteiger charge is -2.22. The molecule has 3 amide bonds. The highest BCUT2D eigenvalue weighted by atomic mass is 16.5. The molecule has 0 aromatic carbocycles. The minimum absolute atomic E-state index is 0.262. The highest BCUT2D eigenvalue weighted by Crippen LogP contribution is 2.11. The minimum atomic E-state index is -1.17. The number of imide groups is 1. The zero-order chi connectivity index (χ0) is 14.1. The monoisotopic (exact) mass is 274 g/mol. The molecule has 0 aromatic heterocycles. The number of carboxylic acids is 1. The number of nitrogens with one attached hydrogen (secondary N) is 2. The number of carboxylic acid groups (broad SMARTS) is 1. The zero-order valence-corrected chi connectivity index (χ0v) is 10.5. The van der Waals surface area contributed by atoms with E-state index < -0.39 is 31.1 Å². The van der Waals surface area contributed by atoms with Crippen LogP contribution in [0, 0.1) is 5.92 Å². The third-order valence-electron chi connectivity index (χ3n) is 2.52. The molecular weight excluding hydrogens is 256 g/mol. The summed E-state index contributed by atoms with van der Waals surface area (Å²) in [5.74, 6) is -1.59. The van der Waals surface area contributed by atoms with Gasteiger partial charge in [0.2, 0.25) is 0 Å². The second kappa shape index (κ2) is 8.44. The maximum Gasteiger partial charge on any atom is 0.329 e. The Morgan fingerprint density at radius 1 is 1.32 bits per heavy atom. The summed E-state index contributed by atoms with van der Waals surface area (Å²) >= 11 is 0. The molecule has 1 unspecified atom stereocenters. The van der Waals surface area contributed by atoms with Crippen molar-refractivity contribution in [1.82, 2.24) is 10.6 Å². The number of ether oxygens (including phenoxy) is 2. The first-order valence-electron chi connectivity index (χ1n) is 6.03. The molecule has 1 aliphatic heterocycles. The van der Waals surface area contributed by atoms with E-state index in [0.717, 1.165) is 19.4 Å². The van der Waals surface area contributed by atoms with Crippen LogP contribution in [0.3, 0.4) is 0 Å². The Kier molecular flexibility index (Phi) is 6.83. The molecule has 1 aliphatic rings. The van der Waals surface area contributed by atoms with Crippen LogP contribution >= 0.6 is 0 Å². The molecular formula is C11H18N2O6. The van der Waals surface area contributed by atoms with Gasteiger partial charge in [-0.2, -0.15) is 0 Å². The van der Waals surface area contributed by atoms with E-state index in [4.69, 9.17) is 9.84 Å². The standard InChI is InChI=1S/C11H18N2O6/c14-9(6-19-7-10(15)16)13-11(17)12-4-8-2-1-3-18-5-8/h8H,1-7H2,(H,15,16)(H2,12,13,14,17). The number of hydrogen-bond donors (Lipinski definition) is 3. The van der Waals surface area contributed by atoms with E-state index in [1.165, 1.54) is 0 Å². The van der Waals surface area contributed by atoms with Crippen molar-refractivity contribution < 1.29 is 29.0 Å². The lowest BCUT2D eigenvalue weighted by Crippen LogP contribution is -2.43. The number of amides is 3. The van der Waals surface area contributed by atoms with Gasteiger partial charge in [-0.15, -0.1) is 0 Å². The van der Waals surface area contributed by atoms with Crippen LogP contribution in [0.2, 0.25) is 0 Å². The molecule has 1 heterocycles. The second-order valence-electron chi connectivity index (χ2n) is 4.23. The lowest BCUT2D eigenvalue weighted by molar-refractivity contribution is -0.143. The summed E-state index contributed by atoms with van der Waals surface area (Å²) in [6.45, 7) is 0.758. The highest BCUT2D eigenvalue weighted by molar-refractivity contribution is 5.94. The molecule has 8 heteroatoms. The van der Waals surface area contributed by atoms with Gasteiger partial charge in [0, 0.05) is 13.2 Å². The molecule has 0 bridgehead atoms. The number of aliphatic carboxylic acids is 1. The number of rotatable bonds is 6. The van der Waals surface area contributed by atoms with Crippen LogP contribution in [-0.4, -0.2) is 56.0 Å². The Bertz CT molecular complexity index is 327. The van der Waals surface area contributed by atoms with Crippen molar-refractivity contribution in [2.75, 3.05) is 33.0 Å². The Hall–Kier alpha value is -1.67. The molecule has 3 N–H and O–H groups in total. The summed E-state index contributed by atoms with van der Waals surface area (Å²) in [6, 6.07) is -0.616. The summed E-state index contributed by atoms with van der Waals surface area (Å²) in [5.41, 5.74) is 0. The SMILES string of the molecule is O=C(O)COCC(=O)NC(=O)NCC1CCCOC1. The van der Waals surface area contributed by atoms with Gasteiger partial charge in [0.15, 0.2) is 0 Å². The molecule has 8 nitrogen and oxygen atoms in total. The first-order valence-corrected chi connectivity index (χ1v) is 6.03. The zero-order valence-electron chi connectivity index (χ0n) is 10.5. The van der Waals surface area contributed by atoms with E-state index in [2.05, 4.69) is 10.1 Å².